The average Bonchev–Trinajstić information content (AvgIpc) is 1.53. The lowest BCUT2D eigenvalue weighted by molar-refractivity contribution is -0.121. The van der Waals surface area contributed by atoms with Crippen LogP contribution in [0, 0.1) is 5.41 Å². The molecule has 0 atom stereocenters. The van der Waals surface area contributed by atoms with Crippen LogP contribution in [0.1, 0.15) is 27.2 Å². The van der Waals surface area contributed by atoms with Crippen LogP contribution in [0.15, 0.2) is 0 Å². The lowest BCUT2D eigenvalue weighted by Gasteiger charge is -2.15. The number of carbonyl (C=O) groups excluding carboxylic acids is 2. The second-order valence-electron chi connectivity index (χ2n) is 3.65. The number of amides is 3. The third-order valence-corrected chi connectivity index (χ3v) is 0.954. The van der Waals surface area contributed by atoms with Gasteiger partial charge in [-0.2, -0.15) is 0 Å². The number of rotatable bonds is 1. The number of nitrogens with one attached hydrogen (secondary N) is 1. The summed E-state index contributed by atoms with van der Waals surface area (Å²) < 4.78 is 0. The molecular weight excluding hydrogens is 144 g/mol. The minimum absolute atomic E-state index is 0.112. The molecule has 0 aliphatic heterocycles. The summed E-state index contributed by atoms with van der Waals surface area (Å²) in [5.41, 5.74) is 4.63. The van der Waals surface area contributed by atoms with Gasteiger partial charge in [0.2, 0.25) is 5.91 Å². The molecule has 0 radical (unpaired) electrons. The Labute approximate surface area is 66.1 Å². The number of urea groups is 1. The SMILES string of the molecule is CC(C)(C)CC(=O)NC(N)=O. The van der Waals surface area contributed by atoms with E-state index in [9.17, 15) is 9.59 Å². The van der Waals surface area contributed by atoms with Gasteiger partial charge < -0.3 is 5.73 Å². The van der Waals surface area contributed by atoms with E-state index < -0.39 is 6.03 Å². The zero-order valence-electron chi connectivity index (χ0n) is 7.10. The van der Waals surface area contributed by atoms with Gasteiger partial charge >= 0.3 is 6.03 Å². The molecule has 0 fully saturated rings. The Hall–Kier alpha value is -1.06. The first-order valence-corrected chi connectivity index (χ1v) is 3.40. The van der Waals surface area contributed by atoms with Crippen molar-refractivity contribution in [3.05, 3.63) is 0 Å². The molecule has 0 spiro atoms. The number of hydrogen-bond acceptors (Lipinski definition) is 2. The molecule has 0 saturated carbocycles. The van der Waals surface area contributed by atoms with E-state index in [1.807, 2.05) is 26.1 Å². The summed E-state index contributed by atoms with van der Waals surface area (Å²) >= 11 is 0. The Morgan fingerprint density at radius 3 is 2.09 bits per heavy atom. The normalized spacial score (nSPS) is 10.8. The molecule has 0 aliphatic rings. The molecule has 0 unspecified atom stereocenters. The van der Waals surface area contributed by atoms with E-state index in [-0.39, 0.29) is 11.3 Å². The number of nitrogens with two attached hydrogens (primary N) is 1. The highest BCUT2D eigenvalue weighted by atomic mass is 16.2. The second kappa shape index (κ2) is 3.37. The Kier molecular flexibility index (Phi) is 3.04. The van der Waals surface area contributed by atoms with E-state index in [0.717, 1.165) is 0 Å². The Bertz CT molecular complexity index is 170. The highest BCUT2D eigenvalue weighted by Crippen LogP contribution is 2.17. The van der Waals surface area contributed by atoms with E-state index in [1.54, 1.807) is 0 Å². The third kappa shape index (κ3) is 6.83. The predicted molar refractivity (Wildman–Crippen MR) is 41.8 cm³/mol. The van der Waals surface area contributed by atoms with Crippen molar-refractivity contribution < 1.29 is 9.59 Å². The molecule has 0 aliphatic carbocycles. The number of primary amides is 1. The van der Waals surface area contributed by atoms with Crippen molar-refractivity contribution in [1.29, 1.82) is 0 Å². The Balaban J connectivity index is 3.80. The van der Waals surface area contributed by atoms with Crippen molar-refractivity contribution >= 4 is 11.9 Å². The zero-order valence-corrected chi connectivity index (χ0v) is 7.10. The highest BCUT2D eigenvalue weighted by molar-refractivity contribution is 5.93. The molecule has 4 nitrogen and oxygen atoms in total. The van der Waals surface area contributed by atoms with Crippen LogP contribution in [0.4, 0.5) is 4.79 Å². The predicted octanol–water partition coefficient (Wildman–Crippen LogP) is 0.618. The first-order valence-electron chi connectivity index (χ1n) is 3.40. The summed E-state index contributed by atoms with van der Waals surface area (Å²) in [6.45, 7) is 5.73. The van der Waals surface area contributed by atoms with Crippen LogP contribution in [-0.2, 0) is 4.79 Å². The van der Waals surface area contributed by atoms with E-state index in [2.05, 4.69) is 0 Å². The van der Waals surface area contributed by atoms with Gasteiger partial charge in [0.15, 0.2) is 0 Å². The molecule has 64 valence electrons. The molecule has 3 N–H and O–H groups in total. The summed E-state index contributed by atoms with van der Waals surface area (Å²) in [5.74, 6) is -0.329. The number of carbonyl (C=O) groups is 2. The molecular formula is C7H14N2O2. The second-order valence-corrected chi connectivity index (χ2v) is 3.65. The van der Waals surface area contributed by atoms with E-state index in [1.165, 1.54) is 0 Å². The lowest BCUT2D eigenvalue weighted by atomic mass is 9.92. The molecule has 4 heteroatoms. The van der Waals surface area contributed by atoms with Crippen molar-refractivity contribution in [2.24, 2.45) is 11.1 Å². The van der Waals surface area contributed by atoms with E-state index >= 15 is 0 Å². The van der Waals surface area contributed by atoms with Crippen molar-refractivity contribution in [3.8, 4) is 0 Å². The smallest absolute Gasteiger partial charge is 0.318 e. The van der Waals surface area contributed by atoms with Gasteiger partial charge in [0.1, 0.15) is 0 Å². The lowest BCUT2D eigenvalue weighted by Crippen LogP contribution is -2.36. The average molecular weight is 158 g/mol. The van der Waals surface area contributed by atoms with Crippen LogP contribution in [0.25, 0.3) is 0 Å². The van der Waals surface area contributed by atoms with Crippen LogP contribution < -0.4 is 11.1 Å². The standard InChI is InChI=1S/C7H14N2O2/c1-7(2,3)4-5(10)9-6(8)11/h4H2,1-3H3,(H3,8,9,10,11). The first-order chi connectivity index (χ1) is 4.81. The van der Waals surface area contributed by atoms with E-state index in [4.69, 9.17) is 5.73 Å². The fraction of sp³-hybridized carbons (Fsp3) is 0.714. The van der Waals surface area contributed by atoms with Crippen molar-refractivity contribution in [1.82, 2.24) is 5.32 Å². The maximum atomic E-state index is 10.9. The summed E-state index contributed by atoms with van der Waals surface area (Å²) in [6.07, 6.45) is 0.302. The maximum absolute atomic E-state index is 10.9. The highest BCUT2D eigenvalue weighted by Gasteiger charge is 2.16. The van der Waals surface area contributed by atoms with Crippen molar-refractivity contribution in [2.45, 2.75) is 27.2 Å². The number of imide groups is 1. The molecule has 0 bridgehead atoms. The Morgan fingerprint density at radius 2 is 1.82 bits per heavy atom. The van der Waals surface area contributed by atoms with Crippen molar-refractivity contribution in [2.75, 3.05) is 0 Å². The quantitative estimate of drug-likeness (QED) is 0.587. The summed E-state index contributed by atoms with van der Waals surface area (Å²) in [7, 11) is 0. The molecule has 0 saturated heterocycles. The molecule has 3 amide bonds. The van der Waals surface area contributed by atoms with Gasteiger partial charge in [-0.1, -0.05) is 20.8 Å². The molecule has 11 heavy (non-hydrogen) atoms. The third-order valence-electron chi connectivity index (χ3n) is 0.954. The van der Waals surface area contributed by atoms with Crippen LogP contribution in [0.2, 0.25) is 0 Å². The van der Waals surface area contributed by atoms with E-state index in [0.29, 0.717) is 6.42 Å². The maximum Gasteiger partial charge on any atom is 0.318 e. The summed E-state index contributed by atoms with van der Waals surface area (Å²) in [5, 5.41) is 2.00. The topological polar surface area (TPSA) is 72.2 Å². The van der Waals surface area contributed by atoms with Gasteiger partial charge in [0.25, 0.3) is 0 Å². The fourth-order valence-electron chi connectivity index (χ4n) is 0.663. The molecule has 0 heterocycles. The molecule has 0 aromatic carbocycles. The van der Waals surface area contributed by atoms with Gasteiger partial charge in [0.05, 0.1) is 0 Å². The summed E-state index contributed by atoms with van der Waals surface area (Å²) in [4.78, 5) is 21.0. The first kappa shape index (κ1) is 9.94. The fourth-order valence-corrected chi connectivity index (χ4v) is 0.663. The van der Waals surface area contributed by atoms with Gasteiger partial charge in [-0.05, 0) is 5.41 Å². The van der Waals surface area contributed by atoms with Crippen LogP contribution in [-0.4, -0.2) is 11.9 Å². The van der Waals surface area contributed by atoms with Crippen LogP contribution in [0.5, 0.6) is 0 Å². The van der Waals surface area contributed by atoms with Crippen LogP contribution >= 0.6 is 0 Å². The zero-order chi connectivity index (χ0) is 9.07. The summed E-state index contributed by atoms with van der Waals surface area (Å²) in [6, 6.07) is -0.792. The van der Waals surface area contributed by atoms with Gasteiger partial charge in [-0.25, -0.2) is 4.79 Å². The van der Waals surface area contributed by atoms with Crippen LogP contribution in [0.3, 0.4) is 0 Å². The van der Waals surface area contributed by atoms with Gasteiger partial charge in [-0.15, -0.1) is 0 Å². The molecule has 0 aromatic heterocycles. The molecule has 0 rings (SSSR count). The largest absolute Gasteiger partial charge is 0.351 e. The van der Waals surface area contributed by atoms with Crippen molar-refractivity contribution in [3.63, 3.8) is 0 Å². The molecule has 0 aromatic rings. The number of hydrogen-bond donors (Lipinski definition) is 2. The minimum atomic E-state index is -0.792. The monoisotopic (exact) mass is 158 g/mol. The van der Waals surface area contributed by atoms with Gasteiger partial charge in [0, 0.05) is 6.42 Å². The van der Waals surface area contributed by atoms with Gasteiger partial charge in [-0.3, -0.25) is 10.1 Å². The Morgan fingerprint density at radius 1 is 1.36 bits per heavy atom. The minimum Gasteiger partial charge on any atom is -0.351 e.